The van der Waals surface area contributed by atoms with Crippen molar-refractivity contribution in [2.24, 2.45) is 0 Å². The molecule has 3 aromatic rings. The van der Waals surface area contributed by atoms with Crippen LogP contribution in [0.1, 0.15) is 30.7 Å². The van der Waals surface area contributed by atoms with Gasteiger partial charge in [0.25, 0.3) is 5.91 Å². The van der Waals surface area contributed by atoms with Crippen LogP contribution in [0.4, 0.5) is 17.1 Å². The van der Waals surface area contributed by atoms with E-state index < -0.39 is 5.54 Å². The van der Waals surface area contributed by atoms with E-state index in [0.717, 1.165) is 22.5 Å². The molecule has 4 rings (SSSR count). The number of anilines is 2. The summed E-state index contributed by atoms with van der Waals surface area (Å²) in [5, 5.41) is 3.29. The van der Waals surface area contributed by atoms with E-state index in [1.54, 1.807) is 18.3 Å². The molecule has 0 spiro atoms. The van der Waals surface area contributed by atoms with Crippen LogP contribution in [-0.2, 0) is 22.6 Å². The molecule has 35 heavy (non-hydrogen) atoms. The van der Waals surface area contributed by atoms with Gasteiger partial charge < -0.3 is 10.2 Å². The monoisotopic (exact) mass is 483 g/mol. The van der Waals surface area contributed by atoms with Gasteiger partial charge in [0, 0.05) is 29.8 Å². The van der Waals surface area contributed by atoms with Gasteiger partial charge in [0.1, 0.15) is 5.54 Å². The number of thiocarbonyl (C=S) groups is 1. The molecular formula is C27H25N5O2S. The molecule has 8 heteroatoms. The maximum Gasteiger partial charge on any atom is 0.259 e. The van der Waals surface area contributed by atoms with E-state index in [9.17, 15) is 9.59 Å². The highest BCUT2D eigenvalue weighted by Crippen LogP contribution is 2.37. The molecule has 0 atom stereocenters. The quantitative estimate of drug-likeness (QED) is 0.406. The highest BCUT2D eigenvalue weighted by atomic mass is 32.1. The van der Waals surface area contributed by atoms with Gasteiger partial charge in [-0.15, -0.1) is 0 Å². The lowest BCUT2D eigenvalue weighted by molar-refractivity contribution is -0.121. The largest absolute Gasteiger partial charge is 0.352 e. The maximum absolute atomic E-state index is 13.4. The number of benzene rings is 2. The summed E-state index contributed by atoms with van der Waals surface area (Å²) in [6, 6.07) is 18.4. The minimum Gasteiger partial charge on any atom is -0.352 e. The Morgan fingerprint density at radius 2 is 1.83 bits per heavy atom. The first-order valence-corrected chi connectivity index (χ1v) is 11.6. The van der Waals surface area contributed by atoms with Crippen LogP contribution in [0.3, 0.4) is 0 Å². The van der Waals surface area contributed by atoms with Crippen molar-refractivity contribution in [3.8, 4) is 0 Å². The summed E-state index contributed by atoms with van der Waals surface area (Å²) in [7, 11) is 0. The highest BCUT2D eigenvalue weighted by Gasteiger charge is 2.50. The fraction of sp³-hybridized carbons (Fsp3) is 0.222. The molecule has 0 bridgehead atoms. The van der Waals surface area contributed by atoms with Crippen LogP contribution in [0, 0.1) is 13.5 Å². The Kier molecular flexibility index (Phi) is 6.63. The van der Waals surface area contributed by atoms with Gasteiger partial charge in [-0.2, -0.15) is 0 Å². The van der Waals surface area contributed by atoms with E-state index in [1.807, 2.05) is 74.2 Å². The average molecular weight is 484 g/mol. The highest BCUT2D eigenvalue weighted by molar-refractivity contribution is 7.81. The Balaban J connectivity index is 1.48. The van der Waals surface area contributed by atoms with Crippen molar-refractivity contribution < 1.29 is 9.59 Å². The van der Waals surface area contributed by atoms with Crippen LogP contribution in [-0.4, -0.2) is 27.4 Å². The minimum atomic E-state index is -0.887. The molecule has 0 unspecified atom stereocenters. The van der Waals surface area contributed by atoms with E-state index in [-0.39, 0.29) is 18.2 Å². The third kappa shape index (κ3) is 4.77. The molecule has 2 heterocycles. The third-order valence-electron chi connectivity index (χ3n) is 5.98. The van der Waals surface area contributed by atoms with E-state index in [0.29, 0.717) is 23.0 Å². The zero-order valence-electron chi connectivity index (χ0n) is 19.8. The molecule has 1 fully saturated rings. The molecule has 1 saturated heterocycles. The molecule has 0 radical (unpaired) electrons. The molecule has 2 aromatic carbocycles. The number of aromatic nitrogens is 1. The number of carbonyl (C=O) groups is 2. The van der Waals surface area contributed by atoms with Crippen LogP contribution in [0.2, 0.25) is 0 Å². The van der Waals surface area contributed by atoms with E-state index in [4.69, 9.17) is 18.8 Å². The van der Waals surface area contributed by atoms with Gasteiger partial charge in [0.05, 0.1) is 13.0 Å². The van der Waals surface area contributed by atoms with Crippen molar-refractivity contribution in [1.82, 2.24) is 10.3 Å². The second-order valence-electron chi connectivity index (χ2n) is 8.84. The Morgan fingerprint density at radius 3 is 2.46 bits per heavy atom. The lowest BCUT2D eigenvalue weighted by Gasteiger charge is -2.29. The van der Waals surface area contributed by atoms with Crippen LogP contribution in [0.5, 0.6) is 0 Å². The van der Waals surface area contributed by atoms with Gasteiger partial charge in [-0.3, -0.25) is 19.5 Å². The summed E-state index contributed by atoms with van der Waals surface area (Å²) in [4.78, 5) is 36.6. The predicted octanol–water partition coefficient (Wildman–Crippen LogP) is 4.72. The number of amides is 2. The lowest BCUT2D eigenvalue weighted by Crippen LogP contribution is -2.44. The van der Waals surface area contributed by atoms with Crippen LogP contribution >= 0.6 is 12.2 Å². The Morgan fingerprint density at radius 1 is 1.11 bits per heavy atom. The molecule has 1 aliphatic rings. The van der Waals surface area contributed by atoms with Crippen LogP contribution in [0.25, 0.3) is 4.85 Å². The molecular weight excluding hydrogens is 458 g/mol. The number of hydrogen-bond donors (Lipinski definition) is 1. The molecule has 1 aromatic heterocycles. The van der Waals surface area contributed by atoms with E-state index in [2.05, 4.69) is 15.1 Å². The minimum absolute atomic E-state index is 0.101. The van der Waals surface area contributed by atoms with Crippen molar-refractivity contribution in [2.75, 3.05) is 9.80 Å². The van der Waals surface area contributed by atoms with Crippen molar-refractivity contribution in [3.05, 3.63) is 95.1 Å². The molecule has 1 aliphatic heterocycles. The number of aryl methyl sites for hydroxylation is 1. The fourth-order valence-corrected chi connectivity index (χ4v) is 4.58. The molecule has 2 amide bonds. The van der Waals surface area contributed by atoms with Gasteiger partial charge in [-0.1, -0.05) is 24.3 Å². The zero-order chi connectivity index (χ0) is 25.2. The number of rotatable bonds is 6. The van der Waals surface area contributed by atoms with Crippen molar-refractivity contribution in [1.29, 1.82) is 0 Å². The Bertz CT molecular complexity index is 1330. The van der Waals surface area contributed by atoms with Crippen molar-refractivity contribution in [3.63, 3.8) is 0 Å². The third-order valence-corrected chi connectivity index (χ3v) is 6.34. The van der Waals surface area contributed by atoms with Gasteiger partial charge in [-0.25, -0.2) is 4.85 Å². The molecule has 1 N–H and O–H groups in total. The second kappa shape index (κ2) is 9.65. The summed E-state index contributed by atoms with van der Waals surface area (Å²) in [5.41, 5.74) is 3.53. The van der Waals surface area contributed by atoms with Crippen molar-refractivity contribution in [2.45, 2.75) is 39.3 Å². The number of nitrogens with zero attached hydrogens (tertiary/aromatic N) is 4. The Labute approximate surface area is 210 Å². The summed E-state index contributed by atoms with van der Waals surface area (Å²) in [5.74, 6) is -0.237. The summed E-state index contributed by atoms with van der Waals surface area (Å²) < 4.78 is 0. The number of pyridine rings is 1. The normalized spacial score (nSPS) is 14.7. The maximum atomic E-state index is 13.4. The van der Waals surface area contributed by atoms with Crippen molar-refractivity contribution >= 4 is 46.2 Å². The summed E-state index contributed by atoms with van der Waals surface area (Å²) >= 11 is 5.74. The molecule has 0 saturated carbocycles. The van der Waals surface area contributed by atoms with Gasteiger partial charge in [-0.05, 0) is 80.5 Å². The van der Waals surface area contributed by atoms with E-state index >= 15 is 0 Å². The van der Waals surface area contributed by atoms with E-state index in [1.165, 1.54) is 4.90 Å². The zero-order valence-corrected chi connectivity index (χ0v) is 20.6. The molecule has 0 aliphatic carbocycles. The standard InChI is InChI=1S/C27H25N5O2S/c1-18-15-22(12-13-23(18)28-4)31-25(34)27(2,3)32(26(31)35)21-10-8-19(9-11-21)17-30-24(33)16-20-7-5-6-14-29-20/h5-15H,16-17H2,1-3H3,(H,30,33). The number of nitrogens with one attached hydrogen (secondary N) is 1. The summed E-state index contributed by atoms with van der Waals surface area (Å²) in [6.45, 7) is 13.2. The first kappa shape index (κ1) is 24.0. The molecule has 7 nitrogen and oxygen atoms in total. The second-order valence-corrected chi connectivity index (χ2v) is 9.21. The smallest absolute Gasteiger partial charge is 0.259 e. The predicted molar refractivity (Wildman–Crippen MR) is 140 cm³/mol. The number of carbonyl (C=O) groups excluding carboxylic acids is 2. The van der Waals surface area contributed by atoms with Gasteiger partial charge >= 0.3 is 0 Å². The average Bonchev–Trinajstić information content (AvgIpc) is 3.02. The lowest BCUT2D eigenvalue weighted by atomic mass is 10.0. The van der Waals surface area contributed by atoms with Crippen LogP contribution in [0.15, 0.2) is 66.9 Å². The first-order valence-electron chi connectivity index (χ1n) is 11.1. The van der Waals surface area contributed by atoms with Gasteiger partial charge in [0.15, 0.2) is 10.8 Å². The topological polar surface area (TPSA) is 69.9 Å². The van der Waals surface area contributed by atoms with Gasteiger partial charge in [0.2, 0.25) is 5.91 Å². The first-order chi connectivity index (χ1) is 16.7. The molecule has 176 valence electrons. The van der Waals surface area contributed by atoms with Crippen LogP contribution < -0.4 is 15.1 Å². The Hall–Kier alpha value is -4.09. The SMILES string of the molecule is [C-]#[N+]c1ccc(N2C(=O)C(C)(C)N(c3ccc(CNC(=O)Cc4ccccn4)cc3)C2=S)cc1C. The summed E-state index contributed by atoms with van der Waals surface area (Å²) in [6.07, 6.45) is 1.89. The number of hydrogen-bond acceptors (Lipinski definition) is 4. The fourth-order valence-electron chi connectivity index (χ4n) is 4.05.